The fourth-order valence-electron chi connectivity index (χ4n) is 2.03. The normalized spacial score (nSPS) is 15.4. The second-order valence-corrected chi connectivity index (χ2v) is 6.84. The Morgan fingerprint density at radius 1 is 1.30 bits per heavy atom. The zero-order valence-corrected chi connectivity index (χ0v) is 13.7. The van der Waals surface area contributed by atoms with E-state index in [2.05, 4.69) is 6.92 Å². The standard InChI is InChI=1S/C17H26O2S/c1-5-6-7-17(18)16(13(2)3)12-20(19)15-10-8-14(4)9-11-15/h8-13,17-18H,5-7H2,1-4H3/b16-12-/t17-,20-/m1/s1. The minimum atomic E-state index is -1.19. The van der Waals surface area contributed by atoms with Gasteiger partial charge in [0.2, 0.25) is 0 Å². The third-order valence-electron chi connectivity index (χ3n) is 3.38. The summed E-state index contributed by atoms with van der Waals surface area (Å²) in [5, 5.41) is 12.0. The summed E-state index contributed by atoms with van der Waals surface area (Å²) in [6.07, 6.45) is 2.31. The Kier molecular flexibility index (Phi) is 7.17. The molecule has 1 N–H and O–H groups in total. The molecule has 0 saturated heterocycles. The lowest BCUT2D eigenvalue weighted by Gasteiger charge is -2.18. The van der Waals surface area contributed by atoms with E-state index in [9.17, 15) is 9.32 Å². The highest BCUT2D eigenvalue weighted by atomic mass is 32.2. The molecule has 0 bridgehead atoms. The molecule has 1 aromatic carbocycles. The maximum Gasteiger partial charge on any atom is 0.0776 e. The molecular formula is C17H26O2S. The van der Waals surface area contributed by atoms with Crippen LogP contribution < -0.4 is 0 Å². The van der Waals surface area contributed by atoms with Gasteiger partial charge in [-0.3, -0.25) is 0 Å². The lowest BCUT2D eigenvalue weighted by atomic mass is 9.96. The summed E-state index contributed by atoms with van der Waals surface area (Å²) in [6, 6.07) is 7.70. The lowest BCUT2D eigenvalue weighted by Crippen LogP contribution is -2.15. The van der Waals surface area contributed by atoms with Gasteiger partial charge in [0, 0.05) is 10.3 Å². The number of rotatable bonds is 7. The van der Waals surface area contributed by atoms with Crippen LogP contribution in [0.2, 0.25) is 0 Å². The summed E-state index contributed by atoms with van der Waals surface area (Å²) in [5.74, 6) is 0.205. The van der Waals surface area contributed by atoms with Crippen LogP contribution in [0, 0.1) is 12.8 Å². The van der Waals surface area contributed by atoms with Gasteiger partial charge in [-0.1, -0.05) is 51.3 Å². The van der Waals surface area contributed by atoms with E-state index in [-0.39, 0.29) is 5.92 Å². The van der Waals surface area contributed by atoms with Crippen LogP contribution in [0.25, 0.3) is 0 Å². The fourth-order valence-corrected chi connectivity index (χ4v) is 3.24. The smallest absolute Gasteiger partial charge is 0.0776 e. The van der Waals surface area contributed by atoms with E-state index in [1.165, 1.54) is 0 Å². The molecule has 0 heterocycles. The van der Waals surface area contributed by atoms with E-state index in [4.69, 9.17) is 0 Å². The van der Waals surface area contributed by atoms with Gasteiger partial charge in [-0.25, -0.2) is 4.21 Å². The van der Waals surface area contributed by atoms with Crippen LogP contribution in [0.15, 0.2) is 40.1 Å². The zero-order valence-electron chi connectivity index (χ0n) is 12.9. The number of aliphatic hydroxyl groups is 1. The number of aryl methyl sites for hydroxylation is 1. The second kappa shape index (κ2) is 8.38. The highest BCUT2D eigenvalue weighted by Gasteiger charge is 2.15. The van der Waals surface area contributed by atoms with Crippen molar-refractivity contribution >= 4 is 10.8 Å². The van der Waals surface area contributed by atoms with Crippen molar-refractivity contribution < 1.29 is 9.32 Å². The van der Waals surface area contributed by atoms with Gasteiger partial charge in [0.1, 0.15) is 0 Å². The van der Waals surface area contributed by atoms with Gasteiger partial charge in [0.25, 0.3) is 0 Å². The van der Waals surface area contributed by atoms with Crippen LogP contribution in [0.3, 0.4) is 0 Å². The van der Waals surface area contributed by atoms with Crippen molar-refractivity contribution in [3.05, 3.63) is 40.8 Å². The lowest BCUT2D eigenvalue weighted by molar-refractivity contribution is 0.187. The zero-order chi connectivity index (χ0) is 15.1. The van der Waals surface area contributed by atoms with Crippen molar-refractivity contribution in [3.63, 3.8) is 0 Å². The van der Waals surface area contributed by atoms with Gasteiger partial charge < -0.3 is 5.11 Å². The number of unbranched alkanes of at least 4 members (excludes halogenated alkanes) is 1. The van der Waals surface area contributed by atoms with Gasteiger partial charge in [0.15, 0.2) is 0 Å². The maximum atomic E-state index is 12.4. The Bertz CT molecular complexity index is 460. The van der Waals surface area contributed by atoms with E-state index >= 15 is 0 Å². The average molecular weight is 294 g/mol. The number of hydrogen-bond acceptors (Lipinski definition) is 2. The van der Waals surface area contributed by atoms with Gasteiger partial charge in [-0.15, -0.1) is 0 Å². The van der Waals surface area contributed by atoms with Crippen LogP contribution >= 0.6 is 0 Å². The minimum Gasteiger partial charge on any atom is -0.389 e. The van der Waals surface area contributed by atoms with E-state index in [0.29, 0.717) is 0 Å². The maximum absolute atomic E-state index is 12.4. The summed E-state index contributed by atoms with van der Waals surface area (Å²) in [4.78, 5) is 0.788. The molecule has 0 aliphatic carbocycles. The van der Waals surface area contributed by atoms with Crippen molar-refractivity contribution in [1.82, 2.24) is 0 Å². The SMILES string of the molecule is CCCC[C@@H](O)/C(=C\[S@@](=O)c1ccc(C)cc1)C(C)C. The third kappa shape index (κ3) is 5.22. The Balaban J connectivity index is 2.90. The molecule has 0 unspecified atom stereocenters. The van der Waals surface area contributed by atoms with E-state index in [1.807, 2.05) is 45.0 Å². The predicted molar refractivity (Wildman–Crippen MR) is 86.0 cm³/mol. The first-order valence-corrected chi connectivity index (χ1v) is 8.54. The summed E-state index contributed by atoms with van der Waals surface area (Å²) in [6.45, 7) is 8.19. The van der Waals surface area contributed by atoms with Crippen LogP contribution in [-0.2, 0) is 10.8 Å². The van der Waals surface area contributed by atoms with Crippen molar-refractivity contribution in [3.8, 4) is 0 Å². The molecule has 1 aromatic rings. The molecule has 2 atom stereocenters. The van der Waals surface area contributed by atoms with Crippen LogP contribution in [-0.4, -0.2) is 15.4 Å². The summed E-state index contributed by atoms with van der Waals surface area (Å²) < 4.78 is 12.4. The average Bonchev–Trinajstić information content (AvgIpc) is 2.42. The molecule has 0 aliphatic heterocycles. The number of aliphatic hydroxyl groups excluding tert-OH is 1. The van der Waals surface area contributed by atoms with Crippen LogP contribution in [0.5, 0.6) is 0 Å². The monoisotopic (exact) mass is 294 g/mol. The van der Waals surface area contributed by atoms with Crippen molar-refractivity contribution in [2.45, 2.75) is 58.0 Å². The Labute approximate surface area is 125 Å². The predicted octanol–water partition coefficient (Wildman–Crippen LogP) is 4.19. The minimum absolute atomic E-state index is 0.205. The van der Waals surface area contributed by atoms with E-state index < -0.39 is 16.9 Å². The molecule has 0 fully saturated rings. The molecule has 112 valence electrons. The quantitative estimate of drug-likeness (QED) is 0.818. The first-order valence-electron chi connectivity index (χ1n) is 7.32. The molecule has 0 aromatic heterocycles. The highest BCUT2D eigenvalue weighted by Crippen LogP contribution is 2.21. The molecule has 2 nitrogen and oxygen atoms in total. The molecule has 0 amide bonds. The fraction of sp³-hybridized carbons (Fsp3) is 0.529. The Morgan fingerprint density at radius 2 is 1.90 bits per heavy atom. The molecule has 0 aliphatic rings. The molecule has 0 saturated carbocycles. The van der Waals surface area contributed by atoms with E-state index in [0.717, 1.165) is 35.3 Å². The topological polar surface area (TPSA) is 37.3 Å². The van der Waals surface area contributed by atoms with Crippen molar-refractivity contribution in [2.24, 2.45) is 5.92 Å². The molecule has 0 spiro atoms. The van der Waals surface area contributed by atoms with Gasteiger partial charge in [0.05, 0.1) is 16.9 Å². The van der Waals surface area contributed by atoms with Crippen LogP contribution in [0.1, 0.15) is 45.6 Å². The van der Waals surface area contributed by atoms with Gasteiger partial charge in [-0.05, 0) is 37.0 Å². The Hall–Kier alpha value is -0.930. The highest BCUT2D eigenvalue weighted by molar-refractivity contribution is 7.88. The molecule has 1 rings (SSSR count). The van der Waals surface area contributed by atoms with Crippen molar-refractivity contribution in [2.75, 3.05) is 0 Å². The molecule has 3 heteroatoms. The van der Waals surface area contributed by atoms with Gasteiger partial charge >= 0.3 is 0 Å². The van der Waals surface area contributed by atoms with Crippen LogP contribution in [0.4, 0.5) is 0 Å². The Morgan fingerprint density at radius 3 is 2.40 bits per heavy atom. The largest absolute Gasteiger partial charge is 0.389 e. The summed E-state index contributed by atoms with van der Waals surface area (Å²) >= 11 is 0. The summed E-state index contributed by atoms with van der Waals surface area (Å²) in [7, 11) is -1.19. The summed E-state index contributed by atoms with van der Waals surface area (Å²) in [5.41, 5.74) is 2.04. The first-order chi connectivity index (χ1) is 9.45. The first kappa shape index (κ1) is 17.1. The molecule has 0 radical (unpaired) electrons. The molecular weight excluding hydrogens is 268 g/mol. The van der Waals surface area contributed by atoms with Crippen molar-refractivity contribution in [1.29, 1.82) is 0 Å². The third-order valence-corrected chi connectivity index (χ3v) is 4.60. The number of hydrogen-bond donors (Lipinski definition) is 1. The number of benzene rings is 1. The van der Waals surface area contributed by atoms with E-state index in [1.54, 1.807) is 5.41 Å². The second-order valence-electron chi connectivity index (χ2n) is 5.54. The van der Waals surface area contributed by atoms with Gasteiger partial charge in [-0.2, -0.15) is 0 Å². The molecule has 20 heavy (non-hydrogen) atoms.